The number of rotatable bonds is 7. The molecule has 0 atom stereocenters. The zero-order chi connectivity index (χ0) is 23.2. The molecule has 2 aromatic carbocycles. The number of hydrogen-bond donors (Lipinski definition) is 0. The summed E-state index contributed by atoms with van der Waals surface area (Å²) in [6.07, 6.45) is 12.7. The molecule has 0 saturated heterocycles. The van der Waals surface area contributed by atoms with Crippen molar-refractivity contribution >= 4 is 5.69 Å². The number of aryl methyl sites for hydroxylation is 2. The second-order valence-electron chi connectivity index (χ2n) is 10.4. The van der Waals surface area contributed by atoms with Gasteiger partial charge in [0.15, 0.2) is 0 Å². The lowest BCUT2D eigenvalue weighted by molar-refractivity contribution is 0.323. The van der Waals surface area contributed by atoms with Crippen LogP contribution < -0.4 is 4.90 Å². The lowest BCUT2D eigenvalue weighted by atomic mass is 9.77. The fourth-order valence-corrected chi connectivity index (χ4v) is 6.09. The third-order valence-electron chi connectivity index (χ3n) is 8.22. The summed E-state index contributed by atoms with van der Waals surface area (Å²) in [6, 6.07) is 17.6. The molecule has 0 heterocycles. The first-order valence-corrected chi connectivity index (χ1v) is 13.1. The molecule has 2 saturated carbocycles. The van der Waals surface area contributed by atoms with Crippen LogP contribution in [0, 0.1) is 30.1 Å². The molecule has 0 unspecified atom stereocenters. The molecule has 0 N–H and O–H groups in total. The number of anilines is 1. The molecule has 0 aromatic heterocycles. The molecule has 2 fully saturated rings. The zero-order valence-electron chi connectivity index (χ0n) is 20.7. The lowest BCUT2D eigenvalue weighted by Crippen LogP contribution is -2.33. The standard InChI is InChI=1S/C31H40N2/c1-4-27-17-18-30(19-23(27)2)29-15-13-25(14-16-29)22-33(24(3)28-10-6-5-7-11-28)31-12-8-9-26(20-31)21-32/h8-9,12,17-20,25,28-29H,3-7,10-11,13-16,22H2,1-2H3. The summed E-state index contributed by atoms with van der Waals surface area (Å²) < 4.78 is 0. The maximum absolute atomic E-state index is 9.45. The van der Waals surface area contributed by atoms with Crippen molar-refractivity contribution in [3.8, 4) is 6.07 Å². The van der Waals surface area contributed by atoms with Gasteiger partial charge in [0.2, 0.25) is 0 Å². The highest BCUT2D eigenvalue weighted by atomic mass is 15.1. The van der Waals surface area contributed by atoms with E-state index in [-0.39, 0.29) is 0 Å². The van der Waals surface area contributed by atoms with Gasteiger partial charge in [-0.15, -0.1) is 0 Å². The molecule has 2 aromatic rings. The van der Waals surface area contributed by atoms with E-state index in [9.17, 15) is 5.26 Å². The van der Waals surface area contributed by atoms with Gasteiger partial charge < -0.3 is 4.90 Å². The van der Waals surface area contributed by atoms with E-state index in [0.29, 0.717) is 17.8 Å². The molecule has 2 aliphatic rings. The topological polar surface area (TPSA) is 27.0 Å². The Labute approximate surface area is 201 Å². The Balaban J connectivity index is 1.46. The largest absolute Gasteiger partial charge is 0.345 e. The van der Waals surface area contributed by atoms with Gasteiger partial charge in [0.05, 0.1) is 11.6 Å². The Bertz CT molecular complexity index is 984. The van der Waals surface area contributed by atoms with Crippen LogP contribution in [0.25, 0.3) is 0 Å². The summed E-state index contributed by atoms with van der Waals surface area (Å²) in [6.45, 7) is 10.1. The van der Waals surface area contributed by atoms with Crippen LogP contribution in [-0.2, 0) is 6.42 Å². The van der Waals surface area contributed by atoms with Crippen molar-refractivity contribution in [2.24, 2.45) is 11.8 Å². The van der Waals surface area contributed by atoms with Crippen LogP contribution in [0.1, 0.15) is 92.9 Å². The van der Waals surface area contributed by atoms with E-state index in [1.54, 1.807) is 0 Å². The summed E-state index contributed by atoms with van der Waals surface area (Å²) in [5.41, 5.74) is 7.63. The van der Waals surface area contributed by atoms with E-state index < -0.39 is 0 Å². The predicted molar refractivity (Wildman–Crippen MR) is 139 cm³/mol. The molecule has 0 bridgehead atoms. The van der Waals surface area contributed by atoms with Gasteiger partial charge in [-0.25, -0.2) is 0 Å². The summed E-state index contributed by atoms with van der Waals surface area (Å²) in [5.74, 6) is 1.96. The first-order chi connectivity index (χ1) is 16.1. The van der Waals surface area contributed by atoms with Crippen molar-refractivity contribution < 1.29 is 0 Å². The monoisotopic (exact) mass is 440 g/mol. The van der Waals surface area contributed by atoms with Crippen LogP contribution in [0.4, 0.5) is 5.69 Å². The van der Waals surface area contributed by atoms with Crippen molar-refractivity contribution in [2.45, 2.75) is 84.0 Å². The van der Waals surface area contributed by atoms with Crippen molar-refractivity contribution in [3.05, 3.63) is 77.0 Å². The smallest absolute Gasteiger partial charge is 0.0992 e. The summed E-state index contributed by atoms with van der Waals surface area (Å²) in [7, 11) is 0. The van der Waals surface area contributed by atoms with Crippen LogP contribution in [0.15, 0.2) is 54.7 Å². The SMILES string of the molecule is C=C(C1CCCCC1)N(CC1CCC(c2ccc(CC)c(C)c2)CC1)c1cccc(C#N)c1. The molecular weight excluding hydrogens is 400 g/mol. The number of nitrogens with zero attached hydrogens (tertiary/aromatic N) is 2. The molecule has 0 amide bonds. The van der Waals surface area contributed by atoms with E-state index in [0.717, 1.165) is 24.2 Å². The molecular formula is C31H40N2. The molecule has 0 radical (unpaired) electrons. The quantitative estimate of drug-likeness (QED) is 0.433. The van der Waals surface area contributed by atoms with E-state index in [4.69, 9.17) is 0 Å². The van der Waals surface area contributed by atoms with Crippen molar-refractivity contribution in [1.29, 1.82) is 5.26 Å². The average molecular weight is 441 g/mol. The minimum absolute atomic E-state index is 0.584. The highest BCUT2D eigenvalue weighted by Gasteiger charge is 2.28. The third kappa shape index (κ3) is 5.70. The van der Waals surface area contributed by atoms with Gasteiger partial charge >= 0.3 is 0 Å². The molecule has 174 valence electrons. The van der Waals surface area contributed by atoms with Crippen molar-refractivity contribution in [2.75, 3.05) is 11.4 Å². The molecule has 0 spiro atoms. The van der Waals surface area contributed by atoms with Gasteiger partial charge in [-0.2, -0.15) is 5.26 Å². The minimum Gasteiger partial charge on any atom is -0.345 e. The Morgan fingerprint density at radius 2 is 1.76 bits per heavy atom. The molecule has 0 aliphatic heterocycles. The number of nitriles is 1. The van der Waals surface area contributed by atoms with E-state index in [1.807, 2.05) is 12.1 Å². The Morgan fingerprint density at radius 1 is 1.00 bits per heavy atom. The summed E-state index contributed by atoms with van der Waals surface area (Å²) in [5, 5.41) is 9.45. The summed E-state index contributed by atoms with van der Waals surface area (Å²) in [4.78, 5) is 2.47. The maximum Gasteiger partial charge on any atom is 0.0992 e. The van der Waals surface area contributed by atoms with E-state index >= 15 is 0 Å². The van der Waals surface area contributed by atoms with Crippen LogP contribution in [0.3, 0.4) is 0 Å². The predicted octanol–water partition coefficient (Wildman–Crippen LogP) is 8.30. The Kier molecular flexibility index (Phi) is 7.92. The molecule has 2 heteroatoms. The first-order valence-electron chi connectivity index (χ1n) is 13.1. The van der Waals surface area contributed by atoms with Gasteiger partial charge in [-0.05, 0) is 105 Å². The van der Waals surface area contributed by atoms with E-state index in [1.165, 1.54) is 80.2 Å². The van der Waals surface area contributed by atoms with Gasteiger partial charge in [-0.3, -0.25) is 0 Å². The second-order valence-corrected chi connectivity index (χ2v) is 10.4. The minimum atomic E-state index is 0.584. The normalized spacial score (nSPS) is 21.4. The second kappa shape index (κ2) is 11.1. The number of benzene rings is 2. The van der Waals surface area contributed by atoms with Gasteiger partial charge in [-0.1, -0.05) is 57.0 Å². The Morgan fingerprint density at radius 3 is 2.42 bits per heavy atom. The van der Waals surface area contributed by atoms with Crippen LogP contribution in [0.2, 0.25) is 0 Å². The van der Waals surface area contributed by atoms with Crippen molar-refractivity contribution in [3.63, 3.8) is 0 Å². The highest BCUT2D eigenvalue weighted by Crippen LogP contribution is 2.39. The van der Waals surface area contributed by atoms with Crippen LogP contribution in [0.5, 0.6) is 0 Å². The number of hydrogen-bond acceptors (Lipinski definition) is 2. The molecule has 33 heavy (non-hydrogen) atoms. The molecule has 2 aliphatic carbocycles. The zero-order valence-corrected chi connectivity index (χ0v) is 20.7. The fraction of sp³-hybridized carbons (Fsp3) is 0.516. The molecule has 2 nitrogen and oxygen atoms in total. The lowest BCUT2D eigenvalue weighted by Gasteiger charge is -2.38. The third-order valence-corrected chi connectivity index (χ3v) is 8.22. The summed E-state index contributed by atoms with van der Waals surface area (Å²) >= 11 is 0. The van der Waals surface area contributed by atoms with Crippen LogP contribution in [-0.4, -0.2) is 6.54 Å². The highest BCUT2D eigenvalue weighted by molar-refractivity contribution is 5.56. The van der Waals surface area contributed by atoms with Gasteiger partial charge in [0.25, 0.3) is 0 Å². The first kappa shape index (κ1) is 23.6. The van der Waals surface area contributed by atoms with Crippen molar-refractivity contribution in [1.82, 2.24) is 0 Å². The molecule has 4 rings (SSSR count). The number of allylic oxidation sites excluding steroid dienone is 1. The fourth-order valence-electron chi connectivity index (χ4n) is 6.09. The maximum atomic E-state index is 9.45. The van der Waals surface area contributed by atoms with E-state index in [2.05, 4.69) is 61.7 Å². The van der Waals surface area contributed by atoms with Gasteiger partial charge in [0.1, 0.15) is 0 Å². The van der Waals surface area contributed by atoms with Crippen LogP contribution >= 0.6 is 0 Å². The Hall–Kier alpha value is -2.53. The average Bonchev–Trinajstić information content (AvgIpc) is 2.87. The van der Waals surface area contributed by atoms with Gasteiger partial charge in [0, 0.05) is 17.9 Å².